The van der Waals surface area contributed by atoms with Crippen LogP contribution >= 0.6 is 0 Å². The lowest BCUT2D eigenvalue weighted by Gasteiger charge is -2.40. The number of amides is 1. The lowest BCUT2D eigenvalue weighted by atomic mass is 9.92. The highest BCUT2D eigenvalue weighted by atomic mass is 16.2. The molecule has 1 aliphatic heterocycles. The van der Waals surface area contributed by atoms with E-state index in [1.165, 1.54) is 0 Å². The van der Waals surface area contributed by atoms with Crippen molar-refractivity contribution in [3.8, 4) is 0 Å². The first-order valence-electron chi connectivity index (χ1n) is 3.96. The average Bonchev–Trinajstić information content (AvgIpc) is 1.77. The molecule has 11 heavy (non-hydrogen) atoms. The quantitative estimate of drug-likeness (QED) is 0.544. The van der Waals surface area contributed by atoms with Gasteiger partial charge in [0, 0.05) is 24.5 Å². The van der Waals surface area contributed by atoms with Gasteiger partial charge in [-0.3, -0.25) is 4.79 Å². The predicted molar refractivity (Wildman–Crippen MR) is 44.0 cm³/mol. The first kappa shape index (κ1) is 8.53. The van der Waals surface area contributed by atoms with Crippen LogP contribution in [0.1, 0.15) is 20.8 Å². The molecule has 0 aliphatic carbocycles. The van der Waals surface area contributed by atoms with Gasteiger partial charge in [-0.2, -0.15) is 0 Å². The molecule has 0 radical (unpaired) electrons. The lowest BCUT2D eigenvalue weighted by Crippen LogP contribution is -2.60. The maximum Gasteiger partial charge on any atom is 0.228 e. The Kier molecular flexibility index (Phi) is 1.92. The van der Waals surface area contributed by atoms with Gasteiger partial charge in [-0.15, -0.1) is 0 Å². The molecule has 0 aromatic carbocycles. The van der Waals surface area contributed by atoms with E-state index in [1.807, 2.05) is 25.7 Å². The van der Waals surface area contributed by atoms with E-state index in [9.17, 15) is 4.79 Å². The molecule has 0 aromatic rings. The Hall–Kier alpha value is -0.570. The van der Waals surface area contributed by atoms with Gasteiger partial charge in [0.1, 0.15) is 0 Å². The van der Waals surface area contributed by atoms with Gasteiger partial charge < -0.3 is 10.6 Å². The van der Waals surface area contributed by atoms with Gasteiger partial charge in [0.2, 0.25) is 5.91 Å². The highest BCUT2D eigenvalue weighted by Gasteiger charge is 2.34. The van der Waals surface area contributed by atoms with Crippen molar-refractivity contribution in [2.75, 3.05) is 13.1 Å². The molecule has 2 N–H and O–H groups in total. The molecular weight excluding hydrogens is 140 g/mol. The minimum atomic E-state index is -0.250. The maximum absolute atomic E-state index is 11.5. The molecule has 1 heterocycles. The van der Waals surface area contributed by atoms with E-state index in [-0.39, 0.29) is 17.4 Å². The van der Waals surface area contributed by atoms with Gasteiger partial charge in [-0.1, -0.05) is 20.8 Å². The van der Waals surface area contributed by atoms with Gasteiger partial charge in [-0.25, -0.2) is 0 Å². The van der Waals surface area contributed by atoms with E-state index < -0.39 is 0 Å². The number of likely N-dealkylation sites (tertiary alicyclic amines) is 1. The van der Waals surface area contributed by atoms with Crippen LogP contribution < -0.4 is 5.73 Å². The van der Waals surface area contributed by atoms with E-state index in [1.54, 1.807) is 0 Å². The number of nitrogens with zero attached hydrogens (tertiary/aromatic N) is 1. The van der Waals surface area contributed by atoms with Crippen LogP contribution in [0.5, 0.6) is 0 Å². The van der Waals surface area contributed by atoms with Crippen molar-refractivity contribution in [1.82, 2.24) is 4.90 Å². The van der Waals surface area contributed by atoms with E-state index >= 15 is 0 Å². The Balaban J connectivity index is 2.45. The number of nitrogens with two attached hydrogens (primary N) is 1. The van der Waals surface area contributed by atoms with Crippen LogP contribution in [0.2, 0.25) is 0 Å². The summed E-state index contributed by atoms with van der Waals surface area (Å²) in [6, 6.07) is 0.210. The number of carbonyl (C=O) groups is 1. The van der Waals surface area contributed by atoms with Gasteiger partial charge in [0.15, 0.2) is 0 Å². The molecule has 3 heteroatoms. The molecule has 0 aromatic heterocycles. The fourth-order valence-electron chi connectivity index (χ4n) is 1.15. The Bertz CT molecular complexity index is 165. The summed E-state index contributed by atoms with van der Waals surface area (Å²) in [4.78, 5) is 13.3. The zero-order valence-electron chi connectivity index (χ0n) is 7.42. The van der Waals surface area contributed by atoms with E-state index in [0.717, 1.165) is 13.1 Å². The SMILES string of the molecule is CC(C)(C)C(=O)N1CC(N)C1. The van der Waals surface area contributed by atoms with Crippen molar-refractivity contribution >= 4 is 5.91 Å². The summed E-state index contributed by atoms with van der Waals surface area (Å²) in [6.07, 6.45) is 0. The van der Waals surface area contributed by atoms with Gasteiger partial charge >= 0.3 is 0 Å². The molecule has 64 valence electrons. The first-order chi connectivity index (χ1) is 4.91. The molecule has 0 saturated carbocycles. The van der Waals surface area contributed by atoms with Gasteiger partial charge in [-0.05, 0) is 0 Å². The Morgan fingerprint density at radius 1 is 1.45 bits per heavy atom. The lowest BCUT2D eigenvalue weighted by molar-refractivity contribution is -0.143. The molecular formula is C8H16N2O. The molecule has 1 saturated heterocycles. The number of hydrogen-bond donors (Lipinski definition) is 1. The Morgan fingerprint density at radius 3 is 2.18 bits per heavy atom. The monoisotopic (exact) mass is 156 g/mol. The topological polar surface area (TPSA) is 46.3 Å². The van der Waals surface area contributed by atoms with Crippen LogP contribution in [0.15, 0.2) is 0 Å². The second-order valence-electron chi connectivity index (χ2n) is 4.22. The third kappa shape index (κ3) is 1.71. The Labute approximate surface area is 67.5 Å². The number of rotatable bonds is 0. The first-order valence-corrected chi connectivity index (χ1v) is 3.96. The summed E-state index contributed by atoms with van der Waals surface area (Å²) in [6.45, 7) is 7.25. The molecule has 1 amide bonds. The smallest absolute Gasteiger partial charge is 0.228 e. The highest BCUT2D eigenvalue weighted by Crippen LogP contribution is 2.20. The van der Waals surface area contributed by atoms with E-state index in [2.05, 4.69) is 0 Å². The van der Waals surface area contributed by atoms with Crippen LogP contribution in [-0.2, 0) is 4.79 Å². The minimum Gasteiger partial charge on any atom is -0.339 e. The van der Waals surface area contributed by atoms with E-state index in [4.69, 9.17) is 5.73 Å². The molecule has 1 fully saturated rings. The predicted octanol–water partition coefficient (Wildman–Crippen LogP) is 0.202. The second kappa shape index (κ2) is 2.48. The number of hydrogen-bond acceptors (Lipinski definition) is 2. The zero-order valence-corrected chi connectivity index (χ0v) is 7.42. The average molecular weight is 156 g/mol. The van der Waals surface area contributed by atoms with Crippen LogP contribution in [0.4, 0.5) is 0 Å². The van der Waals surface area contributed by atoms with Crippen LogP contribution in [0.3, 0.4) is 0 Å². The van der Waals surface area contributed by atoms with Crippen molar-refractivity contribution in [2.45, 2.75) is 26.8 Å². The van der Waals surface area contributed by atoms with Crippen molar-refractivity contribution in [3.63, 3.8) is 0 Å². The molecule has 0 atom stereocenters. The van der Waals surface area contributed by atoms with Crippen LogP contribution in [0, 0.1) is 5.41 Å². The van der Waals surface area contributed by atoms with Crippen molar-refractivity contribution in [1.29, 1.82) is 0 Å². The van der Waals surface area contributed by atoms with Crippen molar-refractivity contribution in [3.05, 3.63) is 0 Å². The number of carbonyl (C=O) groups excluding carboxylic acids is 1. The van der Waals surface area contributed by atoms with Crippen LogP contribution in [-0.4, -0.2) is 29.9 Å². The van der Waals surface area contributed by atoms with Crippen LogP contribution in [0.25, 0.3) is 0 Å². The second-order valence-corrected chi connectivity index (χ2v) is 4.22. The molecule has 0 bridgehead atoms. The molecule has 1 rings (SSSR count). The fraction of sp³-hybridized carbons (Fsp3) is 0.875. The molecule has 0 spiro atoms. The van der Waals surface area contributed by atoms with E-state index in [0.29, 0.717) is 0 Å². The maximum atomic E-state index is 11.5. The zero-order chi connectivity index (χ0) is 8.65. The van der Waals surface area contributed by atoms with Gasteiger partial charge in [0.25, 0.3) is 0 Å². The molecule has 0 unspecified atom stereocenters. The summed E-state index contributed by atoms with van der Waals surface area (Å²) in [5, 5.41) is 0. The molecule has 1 aliphatic rings. The highest BCUT2D eigenvalue weighted by molar-refractivity contribution is 5.82. The summed E-state index contributed by atoms with van der Waals surface area (Å²) in [5.41, 5.74) is 5.31. The summed E-state index contributed by atoms with van der Waals surface area (Å²) in [5.74, 6) is 0.208. The standard InChI is InChI=1S/C8H16N2O/c1-8(2,3)7(11)10-4-6(9)5-10/h6H,4-5,9H2,1-3H3. The fourth-order valence-corrected chi connectivity index (χ4v) is 1.15. The van der Waals surface area contributed by atoms with Crippen molar-refractivity contribution in [2.24, 2.45) is 11.1 Å². The van der Waals surface area contributed by atoms with Gasteiger partial charge in [0.05, 0.1) is 0 Å². The summed E-state index contributed by atoms with van der Waals surface area (Å²) >= 11 is 0. The Morgan fingerprint density at radius 2 is 1.91 bits per heavy atom. The normalized spacial score (nSPS) is 19.8. The summed E-state index contributed by atoms with van der Waals surface area (Å²) < 4.78 is 0. The minimum absolute atomic E-state index is 0.208. The van der Waals surface area contributed by atoms with Crippen molar-refractivity contribution < 1.29 is 4.79 Å². The third-order valence-corrected chi connectivity index (χ3v) is 1.84. The third-order valence-electron chi connectivity index (χ3n) is 1.84. The summed E-state index contributed by atoms with van der Waals surface area (Å²) in [7, 11) is 0. The molecule has 3 nitrogen and oxygen atoms in total. The largest absolute Gasteiger partial charge is 0.339 e.